The molecule has 3 aliphatic rings. The van der Waals surface area contributed by atoms with E-state index >= 15 is 0 Å². The van der Waals surface area contributed by atoms with Gasteiger partial charge >= 0.3 is 0 Å². The fraction of sp³-hybridized carbons (Fsp3) is 0.240. The highest BCUT2D eigenvalue weighted by Crippen LogP contribution is 2.54. The minimum atomic E-state index is -0.393. The summed E-state index contributed by atoms with van der Waals surface area (Å²) in [6.07, 6.45) is 1.28. The fourth-order valence-electron chi connectivity index (χ4n) is 6.79. The maximum absolute atomic E-state index is 13.4. The number of aliphatic hydroxyl groups excluding tert-OH is 1. The smallest absolute Gasteiger partial charge is 0.258 e. The van der Waals surface area contributed by atoms with Crippen molar-refractivity contribution in [2.45, 2.75) is 37.6 Å². The van der Waals surface area contributed by atoms with E-state index < -0.39 is 6.10 Å². The van der Waals surface area contributed by atoms with E-state index in [1.165, 1.54) is 21.8 Å². The second-order valence-corrected chi connectivity index (χ2v) is 9.89. The lowest BCUT2D eigenvalue weighted by Gasteiger charge is -2.20. The van der Waals surface area contributed by atoms with Crippen LogP contribution in [0.1, 0.15) is 40.8 Å². The van der Waals surface area contributed by atoms with E-state index in [0.717, 1.165) is 45.8 Å². The van der Waals surface area contributed by atoms with Gasteiger partial charge in [0.2, 0.25) is 0 Å². The minimum Gasteiger partial charge on any atom is -0.391 e. The van der Waals surface area contributed by atoms with E-state index in [0.29, 0.717) is 6.54 Å². The Hall–Kier alpha value is -2.88. The number of amides is 1. The van der Waals surface area contributed by atoms with Crippen LogP contribution < -0.4 is 0 Å². The number of nitrogens with zero attached hydrogens (tertiary/aromatic N) is 3. The summed E-state index contributed by atoms with van der Waals surface area (Å²) in [6, 6.07) is 17.2. The predicted octanol–water partition coefficient (Wildman–Crippen LogP) is 4.90. The maximum atomic E-state index is 13.4. The average molecular weight is 425 g/mol. The predicted molar refractivity (Wildman–Crippen MR) is 125 cm³/mol. The average Bonchev–Trinajstić information content (AvgIpc) is 3.45. The Kier molecular flexibility index (Phi) is 2.86. The number of hydrogen-bond donors (Lipinski definition) is 1. The standard InChI is InChI=1S/C25H20N3O2P/c29-19-10-12-9-18(19)28-17-8-4-2-6-14(17)21-22-15(11-26(31)25(22)30)20-13-5-1-3-7-16(13)27(12)23(20)24(21)28/h1-8,12,18-19,29H,9-11,31H2/t12-,18-,19+/m0/s1. The van der Waals surface area contributed by atoms with Crippen LogP contribution in [0.2, 0.25) is 0 Å². The molecule has 1 N–H and O–H groups in total. The van der Waals surface area contributed by atoms with E-state index in [2.05, 4.69) is 67.1 Å². The molecule has 0 spiro atoms. The fourth-order valence-corrected chi connectivity index (χ4v) is 7.10. The molecule has 5 aromatic rings. The van der Waals surface area contributed by atoms with Crippen molar-refractivity contribution in [3.63, 3.8) is 0 Å². The second kappa shape index (κ2) is 5.29. The molecule has 8 rings (SSSR count). The molecule has 2 aliphatic heterocycles. The Bertz CT molecular complexity index is 1650. The van der Waals surface area contributed by atoms with E-state index in [1.54, 1.807) is 4.67 Å². The Labute approximate surface area is 180 Å². The van der Waals surface area contributed by atoms with Crippen LogP contribution in [0, 0.1) is 0 Å². The van der Waals surface area contributed by atoms with Crippen LogP contribution in [0.3, 0.4) is 0 Å². The Morgan fingerprint density at radius 1 is 0.871 bits per heavy atom. The number of fused-ring (bicyclic) bond motifs is 13. The molecule has 1 unspecified atom stereocenters. The number of para-hydroxylation sites is 2. The van der Waals surface area contributed by atoms with Crippen molar-refractivity contribution in [2.24, 2.45) is 0 Å². The zero-order valence-electron chi connectivity index (χ0n) is 16.7. The Morgan fingerprint density at radius 2 is 1.52 bits per heavy atom. The van der Waals surface area contributed by atoms with Crippen LogP contribution in [0.15, 0.2) is 48.5 Å². The first-order valence-corrected chi connectivity index (χ1v) is 11.4. The number of carbonyl (C=O) groups is 1. The summed E-state index contributed by atoms with van der Waals surface area (Å²) < 4.78 is 6.60. The zero-order valence-corrected chi connectivity index (χ0v) is 17.9. The van der Waals surface area contributed by atoms with Gasteiger partial charge in [0, 0.05) is 38.6 Å². The largest absolute Gasteiger partial charge is 0.391 e. The number of aliphatic hydroxyl groups is 1. The first-order valence-electron chi connectivity index (χ1n) is 10.9. The van der Waals surface area contributed by atoms with Crippen LogP contribution in [0.25, 0.3) is 43.6 Å². The molecule has 31 heavy (non-hydrogen) atoms. The van der Waals surface area contributed by atoms with Crippen molar-refractivity contribution >= 4 is 58.9 Å². The summed E-state index contributed by atoms with van der Waals surface area (Å²) in [4.78, 5) is 13.4. The van der Waals surface area contributed by atoms with Gasteiger partial charge in [-0.2, -0.15) is 0 Å². The highest BCUT2D eigenvalue weighted by Gasteiger charge is 2.43. The van der Waals surface area contributed by atoms with Crippen LogP contribution in [-0.2, 0) is 6.54 Å². The highest BCUT2D eigenvalue weighted by molar-refractivity contribution is 7.14. The lowest BCUT2D eigenvalue weighted by Crippen LogP contribution is -2.18. The van der Waals surface area contributed by atoms with Crippen molar-refractivity contribution in [1.29, 1.82) is 0 Å². The topological polar surface area (TPSA) is 50.4 Å². The number of carbonyl (C=O) groups excluding carboxylic acids is 1. The van der Waals surface area contributed by atoms with E-state index in [9.17, 15) is 9.90 Å². The summed E-state index contributed by atoms with van der Waals surface area (Å²) in [5.41, 5.74) is 6.65. The van der Waals surface area contributed by atoms with Gasteiger partial charge in [0.1, 0.15) is 0 Å². The van der Waals surface area contributed by atoms with Gasteiger partial charge in [-0.1, -0.05) is 36.4 Å². The molecule has 152 valence electrons. The monoisotopic (exact) mass is 425 g/mol. The van der Waals surface area contributed by atoms with Crippen LogP contribution in [-0.4, -0.2) is 30.9 Å². The Morgan fingerprint density at radius 3 is 2.29 bits per heavy atom. The van der Waals surface area contributed by atoms with Crippen molar-refractivity contribution < 1.29 is 9.90 Å². The van der Waals surface area contributed by atoms with Gasteiger partial charge in [-0.3, -0.25) is 4.79 Å². The maximum Gasteiger partial charge on any atom is 0.258 e. The molecule has 3 aromatic carbocycles. The van der Waals surface area contributed by atoms with Crippen LogP contribution in [0.5, 0.6) is 0 Å². The molecule has 1 fully saturated rings. The quantitative estimate of drug-likeness (QED) is 0.359. The Balaban J connectivity index is 1.78. The molecule has 1 saturated carbocycles. The first kappa shape index (κ1) is 16.8. The molecule has 1 amide bonds. The van der Waals surface area contributed by atoms with Crippen molar-refractivity contribution in [1.82, 2.24) is 13.8 Å². The van der Waals surface area contributed by atoms with Gasteiger partial charge in [0.25, 0.3) is 5.91 Å². The van der Waals surface area contributed by atoms with Gasteiger partial charge in [0.05, 0.1) is 35.3 Å². The number of aromatic nitrogens is 2. The lowest BCUT2D eigenvalue weighted by molar-refractivity contribution is 0.0889. The summed E-state index contributed by atoms with van der Waals surface area (Å²) in [5, 5.41) is 15.7. The zero-order chi connectivity index (χ0) is 20.6. The molecule has 1 aliphatic carbocycles. The lowest BCUT2D eigenvalue weighted by atomic mass is 9.97. The third kappa shape index (κ3) is 1.74. The molecular weight excluding hydrogens is 405 g/mol. The van der Waals surface area contributed by atoms with Crippen LogP contribution in [0.4, 0.5) is 0 Å². The first-order chi connectivity index (χ1) is 15.1. The molecule has 4 atom stereocenters. The van der Waals surface area contributed by atoms with Gasteiger partial charge in [-0.05, 0) is 39.9 Å². The molecule has 4 heterocycles. The van der Waals surface area contributed by atoms with Gasteiger partial charge in [-0.15, -0.1) is 0 Å². The van der Waals surface area contributed by atoms with E-state index in [-0.39, 0.29) is 18.0 Å². The summed E-state index contributed by atoms with van der Waals surface area (Å²) in [5.74, 6) is 0.0663. The number of rotatable bonds is 0. The summed E-state index contributed by atoms with van der Waals surface area (Å²) >= 11 is 0. The van der Waals surface area contributed by atoms with Crippen molar-refractivity contribution in [3.05, 3.63) is 59.7 Å². The van der Waals surface area contributed by atoms with E-state index in [4.69, 9.17) is 0 Å². The third-order valence-corrected chi connectivity index (χ3v) is 8.29. The SMILES string of the molecule is O=C1c2c(c3c4ccccc4n4c3c3c2c2ccccc2n3[C@H]2C[C@H]4C[C@H]2O)CN1P. The summed E-state index contributed by atoms with van der Waals surface area (Å²) in [6.45, 7) is 0.607. The minimum absolute atomic E-state index is 0.0240. The molecule has 5 nitrogen and oxygen atoms in total. The molecule has 6 heteroatoms. The normalized spacial score (nSPS) is 24.4. The third-order valence-electron chi connectivity index (χ3n) is 7.87. The van der Waals surface area contributed by atoms with Crippen molar-refractivity contribution in [2.75, 3.05) is 0 Å². The number of hydrogen-bond acceptors (Lipinski definition) is 2. The van der Waals surface area contributed by atoms with Gasteiger partial charge in [-0.25, -0.2) is 0 Å². The molecule has 0 saturated heterocycles. The number of benzene rings is 3. The molecular formula is C25H20N3O2P. The molecule has 2 aromatic heterocycles. The van der Waals surface area contributed by atoms with Crippen LogP contribution >= 0.6 is 9.39 Å². The second-order valence-electron chi connectivity index (χ2n) is 9.27. The molecule has 0 radical (unpaired) electrons. The van der Waals surface area contributed by atoms with Gasteiger partial charge in [0.15, 0.2) is 0 Å². The van der Waals surface area contributed by atoms with Gasteiger partial charge < -0.3 is 18.9 Å². The highest BCUT2D eigenvalue weighted by atomic mass is 31.0. The van der Waals surface area contributed by atoms with E-state index in [1.807, 2.05) is 0 Å². The van der Waals surface area contributed by atoms with Crippen molar-refractivity contribution in [3.8, 4) is 0 Å². The molecule has 2 bridgehead atoms. The summed E-state index contributed by atoms with van der Waals surface area (Å²) in [7, 11) is 2.61.